The maximum absolute atomic E-state index is 10.0. The number of hydrogen-bond donors (Lipinski definition) is 3. The van der Waals surface area contributed by atoms with E-state index in [4.69, 9.17) is 10.5 Å². The molecule has 4 N–H and O–H groups in total. The summed E-state index contributed by atoms with van der Waals surface area (Å²) in [5, 5.41) is 13.2. The zero-order chi connectivity index (χ0) is 16.8. The molecule has 0 aliphatic carbocycles. The van der Waals surface area contributed by atoms with E-state index >= 15 is 0 Å². The summed E-state index contributed by atoms with van der Waals surface area (Å²) in [6.07, 6.45) is 2.59. The molecule has 2 rings (SSSR count). The van der Waals surface area contributed by atoms with Gasteiger partial charge >= 0.3 is 0 Å². The number of unbranched alkanes of at least 4 members (excludes halogenated alkanes) is 1. The topological polar surface area (TPSA) is 70.8 Å². The van der Waals surface area contributed by atoms with E-state index in [9.17, 15) is 5.11 Å². The number of hydrogen-bond acceptors (Lipinski definition) is 5. The SMILES string of the molecule is Cc1cc(N[C@@H](O)CCCCN)ccc1N1C[C@@H](C)O[C@@H](C)C1. The normalized spacial score (nSPS) is 22.9. The molecule has 0 amide bonds. The van der Waals surface area contributed by atoms with Gasteiger partial charge in [0.1, 0.15) is 6.23 Å². The molecule has 0 radical (unpaired) electrons. The van der Waals surface area contributed by atoms with Crippen molar-refractivity contribution in [2.75, 3.05) is 29.9 Å². The van der Waals surface area contributed by atoms with E-state index in [1.807, 2.05) is 6.07 Å². The molecule has 0 bridgehead atoms. The Morgan fingerprint density at radius 1 is 1.30 bits per heavy atom. The second-order valence-electron chi connectivity index (χ2n) is 6.61. The van der Waals surface area contributed by atoms with Crippen molar-refractivity contribution >= 4 is 11.4 Å². The Morgan fingerprint density at radius 2 is 2.00 bits per heavy atom. The summed E-state index contributed by atoms with van der Waals surface area (Å²) in [6, 6.07) is 6.28. The molecule has 0 unspecified atom stereocenters. The van der Waals surface area contributed by atoms with Gasteiger partial charge in [0.15, 0.2) is 0 Å². The molecule has 5 nitrogen and oxygen atoms in total. The van der Waals surface area contributed by atoms with Crippen LogP contribution in [0.3, 0.4) is 0 Å². The largest absolute Gasteiger partial charge is 0.374 e. The molecular formula is C18H31N3O2. The Morgan fingerprint density at radius 3 is 2.61 bits per heavy atom. The Kier molecular flexibility index (Phi) is 6.69. The number of morpholine rings is 1. The number of aliphatic hydroxyl groups excluding tert-OH is 1. The van der Waals surface area contributed by atoms with Gasteiger partial charge in [-0.05, 0) is 70.3 Å². The van der Waals surface area contributed by atoms with E-state index in [2.05, 4.69) is 43.1 Å². The van der Waals surface area contributed by atoms with Crippen molar-refractivity contribution in [2.45, 2.75) is 58.5 Å². The predicted molar refractivity (Wildman–Crippen MR) is 95.9 cm³/mol. The van der Waals surface area contributed by atoms with E-state index in [1.165, 1.54) is 11.3 Å². The summed E-state index contributed by atoms with van der Waals surface area (Å²) >= 11 is 0. The summed E-state index contributed by atoms with van der Waals surface area (Å²) in [6.45, 7) is 8.86. The molecule has 1 fully saturated rings. The highest BCUT2D eigenvalue weighted by molar-refractivity contribution is 5.61. The molecular weight excluding hydrogens is 290 g/mol. The average molecular weight is 321 g/mol. The molecule has 23 heavy (non-hydrogen) atoms. The van der Waals surface area contributed by atoms with Crippen molar-refractivity contribution in [3.63, 3.8) is 0 Å². The molecule has 130 valence electrons. The summed E-state index contributed by atoms with van der Waals surface area (Å²) in [7, 11) is 0. The Bertz CT molecular complexity index is 485. The van der Waals surface area contributed by atoms with Crippen LogP contribution in [0.25, 0.3) is 0 Å². The number of nitrogens with zero attached hydrogens (tertiary/aromatic N) is 1. The molecule has 5 heteroatoms. The van der Waals surface area contributed by atoms with E-state index in [1.54, 1.807) is 0 Å². The average Bonchev–Trinajstić information content (AvgIpc) is 2.46. The number of aliphatic hydroxyl groups is 1. The van der Waals surface area contributed by atoms with Crippen LogP contribution in [0, 0.1) is 6.92 Å². The van der Waals surface area contributed by atoms with Gasteiger partial charge in [-0.2, -0.15) is 0 Å². The summed E-state index contributed by atoms with van der Waals surface area (Å²) in [5.41, 5.74) is 8.90. The molecule has 1 aromatic carbocycles. The van der Waals surface area contributed by atoms with Crippen LogP contribution in [0.5, 0.6) is 0 Å². The van der Waals surface area contributed by atoms with E-state index in [0.717, 1.165) is 38.0 Å². The Hall–Kier alpha value is -1.30. The Balaban J connectivity index is 1.97. The van der Waals surface area contributed by atoms with Gasteiger partial charge in [-0.1, -0.05) is 0 Å². The highest BCUT2D eigenvalue weighted by Gasteiger charge is 2.23. The highest BCUT2D eigenvalue weighted by Crippen LogP contribution is 2.27. The van der Waals surface area contributed by atoms with Crippen molar-refractivity contribution in [3.05, 3.63) is 23.8 Å². The van der Waals surface area contributed by atoms with Crippen molar-refractivity contribution in [1.29, 1.82) is 0 Å². The van der Waals surface area contributed by atoms with Gasteiger partial charge < -0.3 is 25.8 Å². The van der Waals surface area contributed by atoms with E-state index in [0.29, 0.717) is 6.54 Å². The maximum atomic E-state index is 10.0. The number of aryl methyl sites for hydroxylation is 1. The third-order valence-corrected chi connectivity index (χ3v) is 4.22. The molecule has 1 saturated heterocycles. The van der Waals surface area contributed by atoms with Crippen LogP contribution in [0.1, 0.15) is 38.7 Å². The van der Waals surface area contributed by atoms with Gasteiger partial charge in [0.05, 0.1) is 12.2 Å². The van der Waals surface area contributed by atoms with Gasteiger partial charge in [-0.25, -0.2) is 0 Å². The number of nitrogens with one attached hydrogen (secondary N) is 1. The number of benzene rings is 1. The lowest BCUT2D eigenvalue weighted by Crippen LogP contribution is -2.45. The maximum Gasteiger partial charge on any atom is 0.124 e. The fourth-order valence-electron chi connectivity index (χ4n) is 3.22. The molecule has 3 atom stereocenters. The van der Waals surface area contributed by atoms with Gasteiger partial charge in [0.2, 0.25) is 0 Å². The molecule has 0 saturated carbocycles. The van der Waals surface area contributed by atoms with Gasteiger partial charge in [-0.15, -0.1) is 0 Å². The van der Waals surface area contributed by atoms with Gasteiger partial charge in [0.25, 0.3) is 0 Å². The Labute approximate surface area is 139 Å². The van der Waals surface area contributed by atoms with Crippen molar-refractivity contribution in [1.82, 2.24) is 0 Å². The van der Waals surface area contributed by atoms with Crippen molar-refractivity contribution in [2.24, 2.45) is 5.73 Å². The first-order valence-electron chi connectivity index (χ1n) is 8.65. The van der Waals surface area contributed by atoms with Crippen LogP contribution in [-0.2, 0) is 4.74 Å². The van der Waals surface area contributed by atoms with E-state index in [-0.39, 0.29) is 12.2 Å². The summed E-state index contributed by atoms with van der Waals surface area (Å²) in [4.78, 5) is 2.38. The fourth-order valence-corrected chi connectivity index (χ4v) is 3.22. The lowest BCUT2D eigenvalue weighted by Gasteiger charge is -2.37. The molecule has 0 aromatic heterocycles. The lowest BCUT2D eigenvalue weighted by atomic mass is 10.1. The van der Waals surface area contributed by atoms with Gasteiger partial charge in [-0.3, -0.25) is 0 Å². The van der Waals surface area contributed by atoms with Crippen LogP contribution in [-0.4, -0.2) is 43.2 Å². The zero-order valence-corrected chi connectivity index (χ0v) is 14.6. The van der Waals surface area contributed by atoms with Gasteiger partial charge in [0, 0.05) is 24.5 Å². The first-order chi connectivity index (χ1) is 11.0. The molecule has 1 aliphatic rings. The first kappa shape index (κ1) is 18.0. The van der Waals surface area contributed by atoms with Crippen LogP contribution in [0.4, 0.5) is 11.4 Å². The molecule has 0 spiro atoms. The minimum atomic E-state index is -0.518. The van der Waals surface area contributed by atoms with Crippen LogP contribution in [0.2, 0.25) is 0 Å². The van der Waals surface area contributed by atoms with Crippen LogP contribution in [0.15, 0.2) is 18.2 Å². The summed E-state index contributed by atoms with van der Waals surface area (Å²) in [5.74, 6) is 0. The zero-order valence-electron chi connectivity index (χ0n) is 14.6. The number of ether oxygens (including phenoxy) is 1. The monoisotopic (exact) mass is 321 g/mol. The van der Waals surface area contributed by atoms with Crippen molar-refractivity contribution in [3.8, 4) is 0 Å². The third-order valence-electron chi connectivity index (χ3n) is 4.22. The third kappa shape index (κ3) is 5.37. The van der Waals surface area contributed by atoms with E-state index < -0.39 is 6.23 Å². The molecule has 1 aromatic rings. The van der Waals surface area contributed by atoms with Crippen LogP contribution >= 0.6 is 0 Å². The number of rotatable bonds is 7. The number of nitrogens with two attached hydrogens (primary N) is 1. The molecule has 1 heterocycles. The smallest absolute Gasteiger partial charge is 0.124 e. The fraction of sp³-hybridized carbons (Fsp3) is 0.667. The van der Waals surface area contributed by atoms with Crippen LogP contribution < -0.4 is 16.0 Å². The number of anilines is 2. The second kappa shape index (κ2) is 8.52. The standard InChI is InChI=1S/C18H31N3O2/c1-13-10-16(20-18(22)6-4-5-9-19)7-8-17(13)21-11-14(2)23-15(3)12-21/h7-8,10,14-15,18,20,22H,4-6,9,11-12,19H2,1-3H3/t14-,15+,18-/m0/s1. The quantitative estimate of drug-likeness (QED) is 0.531. The van der Waals surface area contributed by atoms with Crippen molar-refractivity contribution < 1.29 is 9.84 Å². The minimum absolute atomic E-state index is 0.250. The first-order valence-corrected chi connectivity index (χ1v) is 8.65. The highest BCUT2D eigenvalue weighted by atomic mass is 16.5. The summed E-state index contributed by atoms with van der Waals surface area (Å²) < 4.78 is 5.80. The predicted octanol–water partition coefficient (Wildman–Crippen LogP) is 2.47. The minimum Gasteiger partial charge on any atom is -0.374 e. The lowest BCUT2D eigenvalue weighted by molar-refractivity contribution is -0.00524. The molecule has 1 aliphatic heterocycles. The second-order valence-corrected chi connectivity index (χ2v) is 6.61.